The summed E-state index contributed by atoms with van der Waals surface area (Å²) in [7, 11) is -3.64. The molecule has 1 saturated heterocycles. The molecule has 124 valence electrons. The molecule has 0 aliphatic carbocycles. The molecule has 6 nitrogen and oxygen atoms in total. The molecule has 1 fully saturated rings. The van der Waals surface area contributed by atoms with Crippen molar-refractivity contribution < 1.29 is 13.2 Å². The molecule has 1 amide bonds. The van der Waals surface area contributed by atoms with E-state index in [-0.39, 0.29) is 11.8 Å². The Bertz CT molecular complexity index is 412. The first-order chi connectivity index (χ1) is 9.92. The van der Waals surface area contributed by atoms with Gasteiger partial charge in [-0.25, -0.2) is 9.86 Å². The normalized spacial score (nSPS) is 19.7. The second-order valence-corrected chi connectivity index (χ2v) is 7.28. The first kappa shape index (κ1) is 18.4. The zero-order valence-electron chi connectivity index (χ0n) is 13.0. The number of hydrogen-bond acceptors (Lipinski definition) is 3. The molecular formula is C14H29N3O3S. The second-order valence-electron chi connectivity index (χ2n) is 5.91. The van der Waals surface area contributed by atoms with Gasteiger partial charge in [0.05, 0.1) is 0 Å². The van der Waals surface area contributed by atoms with Gasteiger partial charge in [0.15, 0.2) is 0 Å². The lowest BCUT2D eigenvalue weighted by atomic mass is 9.98. The standard InChI is InChI=1S/C14H29N3O3S/c1-2-3-4-5-6-9-14(18)17-10-7-8-13(12-17)11-16-21(15,19)20/h13,16H,2-12H2,1H3,(H2,15,19,20). The summed E-state index contributed by atoms with van der Waals surface area (Å²) in [6.45, 7) is 3.92. The van der Waals surface area contributed by atoms with E-state index in [0.717, 1.165) is 32.2 Å². The van der Waals surface area contributed by atoms with E-state index in [4.69, 9.17) is 5.14 Å². The quantitative estimate of drug-likeness (QED) is 0.629. The largest absolute Gasteiger partial charge is 0.342 e. The molecule has 3 N–H and O–H groups in total. The number of nitrogens with zero attached hydrogens (tertiary/aromatic N) is 1. The van der Waals surface area contributed by atoms with Gasteiger partial charge in [0.25, 0.3) is 10.2 Å². The minimum Gasteiger partial charge on any atom is -0.342 e. The van der Waals surface area contributed by atoms with E-state index in [1.54, 1.807) is 0 Å². The van der Waals surface area contributed by atoms with Crippen molar-refractivity contribution in [2.75, 3.05) is 19.6 Å². The topological polar surface area (TPSA) is 92.5 Å². The van der Waals surface area contributed by atoms with Crippen LogP contribution in [0.25, 0.3) is 0 Å². The van der Waals surface area contributed by atoms with Gasteiger partial charge in [-0.1, -0.05) is 32.6 Å². The van der Waals surface area contributed by atoms with Gasteiger partial charge in [-0.15, -0.1) is 0 Å². The van der Waals surface area contributed by atoms with Crippen LogP contribution in [-0.2, 0) is 15.0 Å². The SMILES string of the molecule is CCCCCCCC(=O)N1CCCC(CNS(N)(=O)=O)C1. The molecule has 1 unspecified atom stereocenters. The minimum absolute atomic E-state index is 0.168. The predicted molar refractivity (Wildman–Crippen MR) is 83.8 cm³/mol. The van der Waals surface area contributed by atoms with Crippen LogP contribution in [0.15, 0.2) is 0 Å². The number of carbonyl (C=O) groups excluding carboxylic acids is 1. The van der Waals surface area contributed by atoms with E-state index in [0.29, 0.717) is 19.5 Å². The molecule has 0 aromatic heterocycles. The Morgan fingerprint density at radius 1 is 1.29 bits per heavy atom. The van der Waals surface area contributed by atoms with Gasteiger partial charge in [0.2, 0.25) is 5.91 Å². The fourth-order valence-electron chi connectivity index (χ4n) is 2.73. The maximum Gasteiger partial charge on any atom is 0.274 e. The molecule has 1 aliphatic heterocycles. The number of nitrogens with one attached hydrogen (secondary N) is 1. The monoisotopic (exact) mass is 319 g/mol. The highest BCUT2D eigenvalue weighted by atomic mass is 32.2. The molecule has 0 bridgehead atoms. The maximum absolute atomic E-state index is 12.1. The van der Waals surface area contributed by atoms with Crippen LogP contribution in [-0.4, -0.2) is 38.9 Å². The molecule has 0 saturated carbocycles. The Hall–Kier alpha value is -0.660. The lowest BCUT2D eigenvalue weighted by Gasteiger charge is -2.32. The highest BCUT2D eigenvalue weighted by Crippen LogP contribution is 2.17. The van der Waals surface area contributed by atoms with Crippen LogP contribution in [0.4, 0.5) is 0 Å². The Labute approximate surface area is 128 Å². The molecule has 1 aliphatic rings. The number of carbonyl (C=O) groups is 1. The predicted octanol–water partition coefficient (Wildman–Crippen LogP) is 1.38. The summed E-state index contributed by atoms with van der Waals surface area (Å²) in [5.41, 5.74) is 0. The summed E-state index contributed by atoms with van der Waals surface area (Å²) >= 11 is 0. The van der Waals surface area contributed by atoms with Gasteiger partial charge in [-0.05, 0) is 25.2 Å². The fraction of sp³-hybridized carbons (Fsp3) is 0.929. The zero-order valence-corrected chi connectivity index (χ0v) is 13.8. The molecule has 0 spiro atoms. The van der Waals surface area contributed by atoms with Crippen LogP contribution in [0.5, 0.6) is 0 Å². The number of unbranched alkanes of at least 4 members (excludes halogenated alkanes) is 4. The first-order valence-electron chi connectivity index (χ1n) is 7.97. The number of likely N-dealkylation sites (tertiary alicyclic amines) is 1. The molecule has 21 heavy (non-hydrogen) atoms. The zero-order chi connectivity index (χ0) is 15.7. The highest BCUT2D eigenvalue weighted by molar-refractivity contribution is 7.87. The number of nitrogens with two attached hydrogens (primary N) is 1. The van der Waals surface area contributed by atoms with E-state index in [1.165, 1.54) is 19.3 Å². The number of hydrogen-bond donors (Lipinski definition) is 2. The third-order valence-corrected chi connectivity index (χ3v) is 4.51. The van der Waals surface area contributed by atoms with E-state index >= 15 is 0 Å². The first-order valence-corrected chi connectivity index (χ1v) is 9.52. The van der Waals surface area contributed by atoms with E-state index in [9.17, 15) is 13.2 Å². The molecule has 1 atom stereocenters. The van der Waals surface area contributed by atoms with Crippen molar-refractivity contribution >= 4 is 16.1 Å². The summed E-state index contributed by atoms with van der Waals surface area (Å²) in [6.07, 6.45) is 8.18. The van der Waals surface area contributed by atoms with Crippen LogP contribution in [0.3, 0.4) is 0 Å². The summed E-state index contributed by atoms with van der Waals surface area (Å²) in [6, 6.07) is 0. The van der Waals surface area contributed by atoms with E-state index in [1.807, 2.05) is 4.90 Å². The van der Waals surface area contributed by atoms with Crippen LogP contribution < -0.4 is 9.86 Å². The van der Waals surface area contributed by atoms with E-state index < -0.39 is 10.2 Å². The van der Waals surface area contributed by atoms with Crippen LogP contribution in [0.1, 0.15) is 58.3 Å². The van der Waals surface area contributed by atoms with Crippen LogP contribution in [0.2, 0.25) is 0 Å². The Kier molecular flexibility index (Phi) is 8.21. The summed E-state index contributed by atoms with van der Waals surface area (Å²) in [5.74, 6) is 0.368. The second kappa shape index (κ2) is 9.38. The van der Waals surface area contributed by atoms with Crippen molar-refractivity contribution in [2.45, 2.75) is 58.3 Å². The lowest BCUT2D eigenvalue weighted by Crippen LogP contribution is -2.44. The van der Waals surface area contributed by atoms with Gasteiger partial charge in [-0.2, -0.15) is 8.42 Å². The molecule has 1 heterocycles. The molecular weight excluding hydrogens is 290 g/mol. The van der Waals surface area contributed by atoms with Crippen molar-refractivity contribution in [3.63, 3.8) is 0 Å². The molecule has 0 aromatic carbocycles. The Morgan fingerprint density at radius 3 is 2.67 bits per heavy atom. The van der Waals surface area contributed by atoms with Gasteiger partial charge in [0, 0.05) is 26.1 Å². The molecule has 0 aromatic rings. The van der Waals surface area contributed by atoms with E-state index in [2.05, 4.69) is 11.6 Å². The third kappa shape index (κ3) is 8.38. The smallest absolute Gasteiger partial charge is 0.274 e. The van der Waals surface area contributed by atoms with Crippen molar-refractivity contribution in [1.82, 2.24) is 9.62 Å². The fourth-order valence-corrected chi connectivity index (χ4v) is 3.20. The Balaban J connectivity index is 2.26. The molecule has 0 radical (unpaired) electrons. The lowest BCUT2D eigenvalue weighted by molar-refractivity contribution is -0.133. The number of amides is 1. The van der Waals surface area contributed by atoms with Crippen LogP contribution in [0, 0.1) is 5.92 Å². The van der Waals surface area contributed by atoms with Gasteiger partial charge < -0.3 is 4.90 Å². The minimum atomic E-state index is -3.64. The van der Waals surface area contributed by atoms with Gasteiger partial charge in [0.1, 0.15) is 0 Å². The van der Waals surface area contributed by atoms with Crippen molar-refractivity contribution in [1.29, 1.82) is 0 Å². The number of rotatable bonds is 9. The Morgan fingerprint density at radius 2 is 2.00 bits per heavy atom. The summed E-state index contributed by atoms with van der Waals surface area (Å²) < 4.78 is 24.1. The van der Waals surface area contributed by atoms with Crippen LogP contribution >= 0.6 is 0 Å². The van der Waals surface area contributed by atoms with Crippen molar-refractivity contribution in [3.8, 4) is 0 Å². The summed E-state index contributed by atoms with van der Waals surface area (Å²) in [4.78, 5) is 14.0. The number of piperidine rings is 1. The average molecular weight is 319 g/mol. The summed E-state index contributed by atoms with van der Waals surface area (Å²) in [5, 5.41) is 4.93. The van der Waals surface area contributed by atoms with Gasteiger partial charge in [-0.3, -0.25) is 4.79 Å². The maximum atomic E-state index is 12.1. The van der Waals surface area contributed by atoms with Crippen molar-refractivity contribution in [2.24, 2.45) is 11.1 Å². The molecule has 1 rings (SSSR count). The average Bonchev–Trinajstić information content (AvgIpc) is 2.44. The highest BCUT2D eigenvalue weighted by Gasteiger charge is 2.23. The third-order valence-electron chi connectivity index (χ3n) is 3.94. The van der Waals surface area contributed by atoms with Crippen molar-refractivity contribution in [3.05, 3.63) is 0 Å². The van der Waals surface area contributed by atoms with Gasteiger partial charge >= 0.3 is 0 Å². The molecule has 7 heteroatoms.